The van der Waals surface area contributed by atoms with Crippen LogP contribution in [0.4, 0.5) is 0 Å². The maximum Gasteiger partial charge on any atom is 0.244 e. The van der Waals surface area contributed by atoms with Gasteiger partial charge in [0.15, 0.2) is 0 Å². The predicted molar refractivity (Wildman–Crippen MR) is 86.6 cm³/mol. The highest BCUT2D eigenvalue weighted by molar-refractivity contribution is 9.10. The minimum atomic E-state index is -3.52. The topological polar surface area (TPSA) is 57.6 Å². The minimum Gasteiger partial charge on any atom is -0.392 e. The Bertz CT molecular complexity index is 631. The van der Waals surface area contributed by atoms with Gasteiger partial charge in [-0.25, -0.2) is 8.42 Å². The molecule has 118 valence electrons. The number of piperidine rings is 1. The Hall–Kier alpha value is -0.430. The Labute approximate surface area is 135 Å². The van der Waals surface area contributed by atoms with Gasteiger partial charge in [0.05, 0.1) is 11.5 Å². The van der Waals surface area contributed by atoms with Crippen molar-refractivity contribution in [2.24, 2.45) is 5.41 Å². The summed E-state index contributed by atoms with van der Waals surface area (Å²) in [6, 6.07) is 3.36. The first-order chi connectivity index (χ1) is 9.67. The summed E-state index contributed by atoms with van der Waals surface area (Å²) < 4.78 is 27.8. The third-order valence-electron chi connectivity index (χ3n) is 4.16. The minimum absolute atomic E-state index is 0.163. The van der Waals surface area contributed by atoms with Crippen LogP contribution in [0.5, 0.6) is 0 Å². The highest BCUT2D eigenvalue weighted by Gasteiger charge is 2.34. The van der Waals surface area contributed by atoms with E-state index in [-0.39, 0.29) is 16.9 Å². The number of rotatable bonds is 3. The number of hydrogen-bond acceptors (Lipinski definition) is 3. The first-order valence-corrected chi connectivity index (χ1v) is 9.31. The number of aryl methyl sites for hydroxylation is 1. The van der Waals surface area contributed by atoms with E-state index >= 15 is 0 Å². The monoisotopic (exact) mass is 375 g/mol. The van der Waals surface area contributed by atoms with Crippen molar-refractivity contribution < 1.29 is 13.5 Å². The van der Waals surface area contributed by atoms with E-state index in [0.29, 0.717) is 23.1 Å². The van der Waals surface area contributed by atoms with Gasteiger partial charge in [-0.2, -0.15) is 4.31 Å². The van der Waals surface area contributed by atoms with Gasteiger partial charge in [-0.05, 0) is 58.3 Å². The van der Waals surface area contributed by atoms with E-state index in [9.17, 15) is 13.5 Å². The van der Waals surface area contributed by atoms with Gasteiger partial charge in [0.1, 0.15) is 0 Å². The molecule has 1 saturated heterocycles. The fourth-order valence-corrected chi connectivity index (χ4v) is 5.03. The van der Waals surface area contributed by atoms with Crippen LogP contribution in [0.15, 0.2) is 21.5 Å². The van der Waals surface area contributed by atoms with Crippen LogP contribution in [0.25, 0.3) is 0 Å². The van der Waals surface area contributed by atoms with Crippen LogP contribution < -0.4 is 0 Å². The van der Waals surface area contributed by atoms with Crippen molar-refractivity contribution in [3.05, 3.63) is 27.7 Å². The molecule has 0 aliphatic carbocycles. The average molecular weight is 376 g/mol. The quantitative estimate of drug-likeness (QED) is 0.882. The van der Waals surface area contributed by atoms with E-state index in [1.165, 1.54) is 0 Å². The first-order valence-electron chi connectivity index (χ1n) is 7.07. The van der Waals surface area contributed by atoms with Crippen LogP contribution in [0, 0.1) is 12.3 Å². The van der Waals surface area contributed by atoms with Gasteiger partial charge in [-0.1, -0.05) is 19.9 Å². The summed E-state index contributed by atoms with van der Waals surface area (Å²) in [4.78, 5) is 0.256. The predicted octanol–water partition coefficient (Wildman–Crippen LogP) is 3.06. The van der Waals surface area contributed by atoms with E-state index < -0.39 is 10.0 Å². The first kappa shape index (κ1) is 16.9. The second-order valence-corrected chi connectivity index (χ2v) is 9.15. The zero-order valence-electron chi connectivity index (χ0n) is 12.7. The summed E-state index contributed by atoms with van der Waals surface area (Å²) >= 11 is 3.38. The van der Waals surface area contributed by atoms with Crippen molar-refractivity contribution >= 4 is 26.0 Å². The number of aliphatic hydroxyl groups is 1. The maximum atomic E-state index is 12.9. The molecule has 1 aliphatic rings. The number of sulfonamides is 1. The normalized spacial score (nSPS) is 19.7. The summed E-state index contributed by atoms with van der Waals surface area (Å²) in [5.74, 6) is 0. The van der Waals surface area contributed by atoms with Gasteiger partial charge in [0.2, 0.25) is 10.0 Å². The van der Waals surface area contributed by atoms with E-state index in [1.54, 1.807) is 16.4 Å². The van der Waals surface area contributed by atoms with Crippen LogP contribution in [0.3, 0.4) is 0 Å². The van der Waals surface area contributed by atoms with Crippen molar-refractivity contribution in [2.45, 2.75) is 45.1 Å². The molecule has 1 aliphatic heterocycles. The third kappa shape index (κ3) is 3.50. The van der Waals surface area contributed by atoms with Crippen molar-refractivity contribution in [2.75, 3.05) is 13.1 Å². The summed E-state index contributed by atoms with van der Waals surface area (Å²) in [6.45, 7) is 7.10. The lowest BCUT2D eigenvalue weighted by atomic mass is 9.83. The molecule has 0 saturated carbocycles. The molecule has 1 heterocycles. The molecular weight excluding hydrogens is 354 g/mol. The summed E-state index contributed by atoms with van der Waals surface area (Å²) in [6.07, 6.45) is 1.73. The Balaban J connectivity index is 2.39. The lowest BCUT2D eigenvalue weighted by molar-refractivity contribution is 0.196. The molecule has 4 nitrogen and oxygen atoms in total. The molecule has 0 spiro atoms. The van der Waals surface area contributed by atoms with Crippen molar-refractivity contribution in [3.63, 3.8) is 0 Å². The molecule has 0 amide bonds. The fraction of sp³-hybridized carbons (Fsp3) is 0.600. The smallest absolute Gasteiger partial charge is 0.244 e. The zero-order chi connectivity index (χ0) is 15.8. The van der Waals surface area contributed by atoms with Crippen molar-refractivity contribution in [3.8, 4) is 0 Å². The van der Waals surface area contributed by atoms with Gasteiger partial charge < -0.3 is 5.11 Å². The molecule has 1 aromatic rings. The number of aliphatic hydroxyl groups excluding tert-OH is 1. The van der Waals surface area contributed by atoms with Crippen molar-refractivity contribution in [1.82, 2.24) is 4.31 Å². The molecule has 0 bridgehead atoms. The number of benzene rings is 1. The van der Waals surface area contributed by atoms with Crippen LogP contribution in [0.2, 0.25) is 0 Å². The summed E-state index contributed by atoms with van der Waals surface area (Å²) in [5.41, 5.74) is 1.63. The summed E-state index contributed by atoms with van der Waals surface area (Å²) in [7, 11) is -3.52. The average Bonchev–Trinajstić information content (AvgIpc) is 2.41. The number of nitrogens with zero attached hydrogens (tertiary/aromatic N) is 1. The molecule has 0 atom stereocenters. The van der Waals surface area contributed by atoms with Gasteiger partial charge in [-0.3, -0.25) is 0 Å². The molecule has 0 unspecified atom stereocenters. The maximum absolute atomic E-state index is 12.9. The lowest BCUT2D eigenvalue weighted by Crippen LogP contribution is -2.41. The lowest BCUT2D eigenvalue weighted by Gasteiger charge is -2.36. The Kier molecular flexibility index (Phi) is 4.83. The standard InChI is InChI=1S/C15H22BrNO3S/c1-11-8-12(10-18)9-13(14(11)16)21(19,20)17-6-4-15(2,3)5-7-17/h8-9,18H,4-7,10H2,1-3H3. The Morgan fingerprint density at radius 1 is 1.29 bits per heavy atom. The van der Waals surface area contributed by atoms with Gasteiger partial charge in [0, 0.05) is 17.6 Å². The van der Waals surface area contributed by atoms with Gasteiger partial charge >= 0.3 is 0 Å². The number of hydrogen-bond donors (Lipinski definition) is 1. The molecule has 2 rings (SSSR count). The summed E-state index contributed by atoms with van der Waals surface area (Å²) in [5, 5.41) is 9.30. The molecule has 0 aromatic heterocycles. The molecule has 1 aromatic carbocycles. The van der Waals surface area contributed by atoms with Crippen LogP contribution in [0.1, 0.15) is 37.8 Å². The van der Waals surface area contributed by atoms with Crippen LogP contribution in [-0.2, 0) is 16.6 Å². The highest BCUT2D eigenvalue weighted by atomic mass is 79.9. The van der Waals surface area contributed by atoms with Crippen molar-refractivity contribution in [1.29, 1.82) is 0 Å². The fourth-order valence-electron chi connectivity index (χ4n) is 2.56. The third-order valence-corrected chi connectivity index (χ3v) is 7.40. The number of halogens is 1. The van der Waals surface area contributed by atoms with E-state index in [4.69, 9.17) is 0 Å². The second kappa shape index (κ2) is 5.99. The Morgan fingerprint density at radius 2 is 1.86 bits per heavy atom. The van der Waals surface area contributed by atoms with E-state index in [1.807, 2.05) is 6.92 Å². The van der Waals surface area contributed by atoms with Crippen LogP contribution >= 0.6 is 15.9 Å². The zero-order valence-corrected chi connectivity index (χ0v) is 15.1. The molecule has 1 N–H and O–H groups in total. The molecule has 0 radical (unpaired) electrons. The van der Waals surface area contributed by atoms with Crippen LogP contribution in [-0.4, -0.2) is 30.9 Å². The SMILES string of the molecule is Cc1cc(CO)cc(S(=O)(=O)N2CCC(C)(C)CC2)c1Br. The van der Waals surface area contributed by atoms with Gasteiger partial charge in [0.25, 0.3) is 0 Å². The highest BCUT2D eigenvalue weighted by Crippen LogP contribution is 2.35. The molecule has 1 fully saturated rings. The molecule has 21 heavy (non-hydrogen) atoms. The largest absolute Gasteiger partial charge is 0.392 e. The Morgan fingerprint density at radius 3 is 2.38 bits per heavy atom. The molecular formula is C15H22BrNO3S. The van der Waals surface area contributed by atoms with Gasteiger partial charge in [-0.15, -0.1) is 0 Å². The van der Waals surface area contributed by atoms with E-state index in [2.05, 4.69) is 29.8 Å². The second-order valence-electron chi connectivity index (χ2n) is 6.45. The van der Waals surface area contributed by atoms with E-state index in [0.717, 1.165) is 18.4 Å². The molecule has 6 heteroatoms.